The summed E-state index contributed by atoms with van der Waals surface area (Å²) >= 11 is 0. The number of anilines is 1. The number of halogens is 1. The molecule has 0 aliphatic heterocycles. The molecule has 0 aliphatic rings. The lowest BCUT2D eigenvalue weighted by Crippen LogP contribution is -2.22. The van der Waals surface area contributed by atoms with Crippen LogP contribution in [0.4, 0.5) is 5.69 Å². The van der Waals surface area contributed by atoms with Crippen molar-refractivity contribution >= 4 is 35.6 Å². The van der Waals surface area contributed by atoms with E-state index in [1.165, 1.54) is 0 Å². The molecule has 0 radical (unpaired) electrons. The Morgan fingerprint density at radius 3 is 2.52 bits per heavy atom. The van der Waals surface area contributed by atoms with Gasteiger partial charge in [-0.05, 0) is 52.0 Å². The van der Waals surface area contributed by atoms with Gasteiger partial charge >= 0.3 is 0 Å². The van der Waals surface area contributed by atoms with Crippen molar-refractivity contribution in [3.63, 3.8) is 0 Å². The molecule has 2 aromatic rings. The van der Waals surface area contributed by atoms with Gasteiger partial charge in [-0.15, -0.1) is 24.0 Å². The van der Waals surface area contributed by atoms with Crippen LogP contribution in [0.5, 0.6) is 5.75 Å². The number of aromatic nitrogens is 2. The zero-order valence-corrected chi connectivity index (χ0v) is 19.0. The fraction of sp³-hybridized carbons (Fsp3) is 0.474. The van der Waals surface area contributed by atoms with Crippen molar-refractivity contribution in [1.29, 1.82) is 0 Å². The van der Waals surface area contributed by atoms with Crippen LogP contribution in [0.2, 0.25) is 0 Å². The molecular formula is C19H30IN5O2. The number of rotatable bonds is 8. The van der Waals surface area contributed by atoms with E-state index in [1.807, 2.05) is 56.6 Å². The third kappa shape index (κ3) is 7.02. The highest BCUT2D eigenvalue weighted by Gasteiger charge is 2.11. The number of methoxy groups -OCH3 is 1. The molecule has 2 rings (SSSR count). The number of guanidine groups is 1. The molecule has 0 saturated heterocycles. The summed E-state index contributed by atoms with van der Waals surface area (Å²) in [6.07, 6.45) is 0.150. The lowest BCUT2D eigenvalue weighted by atomic mass is 10.2. The van der Waals surface area contributed by atoms with Crippen LogP contribution in [0.15, 0.2) is 29.3 Å². The van der Waals surface area contributed by atoms with Gasteiger partial charge < -0.3 is 20.5 Å². The number of benzene rings is 1. The Hall–Kier alpha value is -1.81. The smallest absolute Gasteiger partial charge is 0.193 e. The first-order chi connectivity index (χ1) is 12.4. The van der Waals surface area contributed by atoms with Gasteiger partial charge in [-0.3, -0.25) is 4.68 Å². The highest BCUT2D eigenvalue weighted by molar-refractivity contribution is 14.0. The van der Waals surface area contributed by atoms with Crippen LogP contribution in [0.25, 0.3) is 0 Å². The number of nitrogens with two attached hydrogens (primary N) is 1. The maximum absolute atomic E-state index is 6.02. The van der Waals surface area contributed by atoms with Gasteiger partial charge in [-0.1, -0.05) is 0 Å². The van der Waals surface area contributed by atoms with E-state index in [2.05, 4.69) is 15.4 Å². The quantitative estimate of drug-likeness (QED) is 0.338. The van der Waals surface area contributed by atoms with E-state index in [1.54, 1.807) is 7.11 Å². The molecule has 1 aromatic heterocycles. The van der Waals surface area contributed by atoms with E-state index < -0.39 is 0 Å². The van der Waals surface area contributed by atoms with Crippen molar-refractivity contribution in [1.82, 2.24) is 9.78 Å². The summed E-state index contributed by atoms with van der Waals surface area (Å²) in [7, 11) is 1.69. The Morgan fingerprint density at radius 1 is 1.26 bits per heavy atom. The van der Waals surface area contributed by atoms with Crippen LogP contribution in [0, 0.1) is 13.8 Å². The number of nitrogens with one attached hydrogen (secondary N) is 1. The van der Waals surface area contributed by atoms with E-state index in [-0.39, 0.29) is 30.1 Å². The summed E-state index contributed by atoms with van der Waals surface area (Å²) in [4.78, 5) is 4.44. The molecule has 27 heavy (non-hydrogen) atoms. The lowest BCUT2D eigenvalue weighted by molar-refractivity contribution is 0.182. The normalized spacial score (nSPS) is 11.4. The summed E-state index contributed by atoms with van der Waals surface area (Å²) in [6.45, 7) is 9.86. The van der Waals surface area contributed by atoms with Gasteiger partial charge in [0.25, 0.3) is 0 Å². The summed E-state index contributed by atoms with van der Waals surface area (Å²) in [5.74, 6) is 1.20. The fourth-order valence-corrected chi connectivity index (χ4v) is 2.60. The van der Waals surface area contributed by atoms with Crippen molar-refractivity contribution in [3.8, 4) is 5.75 Å². The van der Waals surface area contributed by atoms with E-state index in [0.29, 0.717) is 19.1 Å². The maximum Gasteiger partial charge on any atom is 0.193 e. The highest BCUT2D eigenvalue weighted by atomic mass is 127. The highest BCUT2D eigenvalue weighted by Crippen LogP contribution is 2.17. The second kappa shape index (κ2) is 11.1. The molecule has 0 bridgehead atoms. The number of ether oxygens (including phenoxy) is 2. The number of aliphatic imine (C=N–C) groups is 1. The minimum absolute atomic E-state index is 0. The van der Waals surface area contributed by atoms with Gasteiger partial charge in [0.15, 0.2) is 5.96 Å². The van der Waals surface area contributed by atoms with Crippen molar-refractivity contribution in [3.05, 3.63) is 41.2 Å². The van der Waals surface area contributed by atoms with Gasteiger partial charge in [0.1, 0.15) is 5.75 Å². The number of hydrogen-bond acceptors (Lipinski definition) is 4. The molecule has 7 nitrogen and oxygen atoms in total. The van der Waals surface area contributed by atoms with E-state index in [9.17, 15) is 0 Å². The molecule has 0 unspecified atom stereocenters. The van der Waals surface area contributed by atoms with Gasteiger partial charge in [0.2, 0.25) is 0 Å². The maximum atomic E-state index is 6.02. The molecule has 0 atom stereocenters. The van der Waals surface area contributed by atoms with Crippen molar-refractivity contribution in [2.24, 2.45) is 10.7 Å². The zero-order valence-electron chi connectivity index (χ0n) is 16.7. The minimum Gasteiger partial charge on any atom is -0.491 e. The number of nitrogens with zero attached hydrogens (tertiary/aromatic N) is 3. The molecule has 0 aliphatic carbocycles. The molecular weight excluding hydrogens is 457 g/mol. The minimum atomic E-state index is 0. The molecule has 0 saturated carbocycles. The third-order valence-electron chi connectivity index (χ3n) is 3.94. The molecule has 0 fully saturated rings. The van der Waals surface area contributed by atoms with E-state index in [0.717, 1.165) is 34.9 Å². The second-order valence-electron chi connectivity index (χ2n) is 6.38. The van der Waals surface area contributed by atoms with Crippen LogP contribution >= 0.6 is 24.0 Å². The summed E-state index contributed by atoms with van der Waals surface area (Å²) in [5.41, 5.74) is 10.0. The Kier molecular flexibility index (Phi) is 9.57. The molecule has 8 heteroatoms. The molecule has 0 spiro atoms. The van der Waals surface area contributed by atoms with Crippen molar-refractivity contribution in [2.75, 3.05) is 19.0 Å². The lowest BCUT2D eigenvalue weighted by Gasteiger charge is -2.11. The van der Waals surface area contributed by atoms with Gasteiger partial charge in [0.05, 0.1) is 31.5 Å². The first kappa shape index (κ1) is 23.2. The zero-order chi connectivity index (χ0) is 19.1. The Morgan fingerprint density at radius 2 is 1.93 bits per heavy atom. The molecule has 1 heterocycles. The standard InChI is InChI=1S/C19H29N5O2.HI/c1-13(2)26-17-8-6-16(7-9-17)22-19(20)21-12-18-14(3)23-24(15(18)4)10-11-25-5;/h6-9,13H,10-12H2,1-5H3,(H3,20,21,22);1H. The Balaban J connectivity index is 0.00000364. The van der Waals surface area contributed by atoms with Crippen LogP contribution in [0.1, 0.15) is 30.8 Å². The van der Waals surface area contributed by atoms with Crippen LogP contribution in [-0.4, -0.2) is 35.6 Å². The van der Waals surface area contributed by atoms with Gasteiger partial charge in [-0.25, -0.2) is 4.99 Å². The molecule has 1 aromatic carbocycles. The van der Waals surface area contributed by atoms with Crippen LogP contribution < -0.4 is 15.8 Å². The third-order valence-corrected chi connectivity index (χ3v) is 3.94. The fourth-order valence-electron chi connectivity index (χ4n) is 2.60. The summed E-state index contributed by atoms with van der Waals surface area (Å²) in [5, 5.41) is 7.63. The first-order valence-electron chi connectivity index (χ1n) is 8.76. The topological polar surface area (TPSA) is 86.7 Å². The average molecular weight is 487 g/mol. The largest absolute Gasteiger partial charge is 0.491 e. The van der Waals surface area contributed by atoms with Crippen LogP contribution in [0.3, 0.4) is 0 Å². The monoisotopic (exact) mass is 487 g/mol. The van der Waals surface area contributed by atoms with Gasteiger partial charge in [-0.2, -0.15) is 5.10 Å². The van der Waals surface area contributed by atoms with E-state index in [4.69, 9.17) is 15.2 Å². The van der Waals surface area contributed by atoms with E-state index >= 15 is 0 Å². The predicted molar refractivity (Wildman–Crippen MR) is 120 cm³/mol. The SMILES string of the molecule is COCCn1nc(C)c(CN=C(N)Nc2ccc(OC(C)C)cc2)c1C.I. The molecule has 150 valence electrons. The summed E-state index contributed by atoms with van der Waals surface area (Å²) < 4.78 is 12.7. The van der Waals surface area contributed by atoms with Crippen LogP contribution in [-0.2, 0) is 17.8 Å². The second-order valence-corrected chi connectivity index (χ2v) is 6.38. The number of aryl methyl sites for hydroxylation is 1. The van der Waals surface area contributed by atoms with Crippen molar-refractivity contribution < 1.29 is 9.47 Å². The Labute approximate surface area is 178 Å². The number of hydrogen-bond donors (Lipinski definition) is 2. The predicted octanol–water partition coefficient (Wildman–Crippen LogP) is 3.48. The first-order valence-corrected chi connectivity index (χ1v) is 8.76. The van der Waals surface area contributed by atoms with Crippen molar-refractivity contribution in [2.45, 2.75) is 46.9 Å². The molecule has 0 amide bonds. The summed E-state index contributed by atoms with van der Waals surface area (Å²) in [6, 6.07) is 7.65. The van der Waals surface area contributed by atoms with Gasteiger partial charge in [0, 0.05) is 24.1 Å². The molecule has 3 N–H and O–H groups in total. The Bertz CT molecular complexity index is 741. The average Bonchev–Trinajstić information content (AvgIpc) is 2.86.